The van der Waals surface area contributed by atoms with E-state index in [9.17, 15) is 29.1 Å². The molecule has 1 N–H and O–H groups in total. The molecule has 1 aliphatic carbocycles. The molecule has 4 heterocycles. The van der Waals surface area contributed by atoms with Crippen molar-refractivity contribution in [3.05, 3.63) is 42.3 Å². The Morgan fingerprint density at radius 1 is 0.870 bits per heavy atom. The van der Waals surface area contributed by atoms with Crippen LogP contribution in [0.2, 0.25) is 0 Å². The minimum atomic E-state index is -1.43. The highest BCUT2D eigenvalue weighted by Crippen LogP contribution is 2.40. The van der Waals surface area contributed by atoms with Gasteiger partial charge in [0.05, 0.1) is 30.5 Å². The number of Topliss-reactive ketones (excluding diaryl/α,β-unsaturated/α-hetero) is 3. The molecule has 1 saturated carbocycles. The van der Waals surface area contributed by atoms with Gasteiger partial charge in [0.2, 0.25) is 0 Å². The molecule has 3 fully saturated rings. The van der Waals surface area contributed by atoms with Gasteiger partial charge in [-0.05, 0) is 130 Å². The molecule has 16 heteroatoms. The standard InChI is InChI=1S/C53H83N5O11/c1-32-17-13-12-14-18-33(2)44(65-9)29-40-22-20-38(7)53(8,69-40)50(62)51(63)57-24-16-15-19-42(57)52(64)68-45(35(4)27-39-21-23-41(46(28-39)66-10)58-31-54-55-56-58)30-43(59)34(3)26-37(6)48(61)49(67-11)47(60)36(5)25-32/h12-14,17-18,31-32,34-42,44-46,48-49,61H,15-16,19-30H2,1-11H3/b14-12?,17-13+,33-18?/t32-,34-,35-,36-,37?,38-,39+,40+,41+,42+,44+,45+,46-,48-,49+,53-/m1/s1. The zero-order valence-electron chi connectivity index (χ0n) is 43.3. The monoisotopic (exact) mass is 966 g/mol. The Hall–Kier alpha value is -3.96. The molecule has 0 radical (unpaired) electrons. The number of aromatic nitrogens is 4. The molecule has 5 rings (SSSR count). The smallest absolute Gasteiger partial charge is 0.329 e. The summed E-state index contributed by atoms with van der Waals surface area (Å²) in [6.07, 6.45) is 14.7. The first-order valence-corrected chi connectivity index (χ1v) is 25.6. The van der Waals surface area contributed by atoms with Crippen LogP contribution in [0.5, 0.6) is 0 Å². The predicted octanol–water partition coefficient (Wildman–Crippen LogP) is 7.20. The van der Waals surface area contributed by atoms with E-state index < -0.39 is 65.4 Å². The minimum absolute atomic E-state index is 0.0275. The van der Waals surface area contributed by atoms with E-state index in [2.05, 4.69) is 15.5 Å². The van der Waals surface area contributed by atoms with Crippen LogP contribution in [0.3, 0.4) is 0 Å². The van der Waals surface area contributed by atoms with Gasteiger partial charge < -0.3 is 33.7 Å². The number of nitrogens with zero attached hydrogens (tertiary/aromatic N) is 5. The molecule has 4 aliphatic rings. The molecule has 16 nitrogen and oxygen atoms in total. The lowest BCUT2D eigenvalue weighted by Gasteiger charge is -2.44. The van der Waals surface area contributed by atoms with Crippen LogP contribution in [-0.4, -0.2) is 136 Å². The normalized spacial score (nSPS) is 37.9. The second kappa shape index (κ2) is 25.9. The maximum Gasteiger partial charge on any atom is 0.329 e. The average Bonchev–Trinajstić information content (AvgIpc) is 3.88. The average molecular weight is 966 g/mol. The van der Waals surface area contributed by atoms with Gasteiger partial charge >= 0.3 is 5.97 Å². The Morgan fingerprint density at radius 2 is 1.62 bits per heavy atom. The molecule has 69 heavy (non-hydrogen) atoms. The number of esters is 1. The summed E-state index contributed by atoms with van der Waals surface area (Å²) in [7, 11) is 4.75. The van der Waals surface area contributed by atoms with Crippen LogP contribution in [-0.2, 0) is 47.7 Å². The molecule has 386 valence electrons. The molecule has 1 unspecified atom stereocenters. The van der Waals surface area contributed by atoms with Gasteiger partial charge in [-0.2, -0.15) is 0 Å². The number of fused-ring (bicyclic) bond motifs is 3. The maximum absolute atomic E-state index is 14.6. The summed E-state index contributed by atoms with van der Waals surface area (Å²) < 4.78 is 32.3. The van der Waals surface area contributed by atoms with E-state index in [1.54, 1.807) is 39.1 Å². The summed E-state index contributed by atoms with van der Waals surface area (Å²) >= 11 is 0. The lowest BCUT2D eigenvalue weighted by molar-refractivity contribution is -0.184. The molecule has 2 bridgehead atoms. The molecule has 1 amide bonds. The molecule has 1 aromatic rings. The van der Waals surface area contributed by atoms with E-state index in [1.807, 2.05) is 71.9 Å². The number of rotatable bonds is 7. The third-order valence-electron chi connectivity index (χ3n) is 16.0. The van der Waals surface area contributed by atoms with Crippen molar-refractivity contribution < 1.29 is 52.8 Å². The van der Waals surface area contributed by atoms with Gasteiger partial charge in [0.1, 0.15) is 36.0 Å². The molecule has 2 saturated heterocycles. The molecular weight excluding hydrogens is 883 g/mol. The number of aliphatic hydroxyl groups is 1. The van der Waals surface area contributed by atoms with Gasteiger partial charge in [0.25, 0.3) is 11.7 Å². The second-order valence-electron chi connectivity index (χ2n) is 21.3. The third kappa shape index (κ3) is 14.4. The highest BCUT2D eigenvalue weighted by molar-refractivity contribution is 6.39. The Labute approximate surface area is 410 Å². The van der Waals surface area contributed by atoms with Crippen molar-refractivity contribution in [3.63, 3.8) is 0 Å². The fourth-order valence-electron chi connectivity index (χ4n) is 11.3. The van der Waals surface area contributed by atoms with Gasteiger partial charge in [0.15, 0.2) is 5.78 Å². The van der Waals surface area contributed by atoms with Crippen molar-refractivity contribution in [2.45, 2.75) is 193 Å². The zero-order valence-corrected chi connectivity index (χ0v) is 43.3. The number of piperidine rings is 1. The van der Waals surface area contributed by atoms with Crippen molar-refractivity contribution in [2.24, 2.45) is 41.4 Å². The van der Waals surface area contributed by atoms with E-state index >= 15 is 0 Å². The predicted molar refractivity (Wildman–Crippen MR) is 259 cm³/mol. The third-order valence-corrected chi connectivity index (χ3v) is 16.0. The summed E-state index contributed by atoms with van der Waals surface area (Å²) in [6, 6.07) is -1.05. The van der Waals surface area contributed by atoms with Crippen molar-refractivity contribution in [1.29, 1.82) is 0 Å². The number of carbonyl (C=O) groups is 5. The number of carbonyl (C=O) groups excluding carboxylic acids is 5. The quantitative estimate of drug-likeness (QED) is 0.213. The molecule has 16 atom stereocenters. The number of hydrogen-bond acceptors (Lipinski definition) is 14. The van der Waals surface area contributed by atoms with E-state index in [0.29, 0.717) is 57.8 Å². The Morgan fingerprint density at radius 3 is 2.30 bits per heavy atom. The van der Waals surface area contributed by atoms with Crippen LogP contribution in [0, 0.1) is 41.4 Å². The highest BCUT2D eigenvalue weighted by atomic mass is 16.5. The van der Waals surface area contributed by atoms with Crippen LogP contribution < -0.4 is 0 Å². The summed E-state index contributed by atoms with van der Waals surface area (Å²) in [5.74, 6) is -4.18. The van der Waals surface area contributed by atoms with Crippen LogP contribution >= 0.6 is 0 Å². The summed E-state index contributed by atoms with van der Waals surface area (Å²) in [5, 5.41) is 23.3. The number of cyclic esters (lactones) is 1. The number of ketones is 3. The number of aliphatic hydroxyl groups excluding tert-OH is 1. The minimum Gasteiger partial charge on any atom is -0.460 e. The molecule has 1 aromatic heterocycles. The van der Waals surface area contributed by atoms with Crippen LogP contribution in [0.1, 0.15) is 145 Å². The second-order valence-corrected chi connectivity index (χ2v) is 21.3. The number of allylic oxidation sites excluding steroid dienone is 5. The van der Waals surface area contributed by atoms with Crippen molar-refractivity contribution in [2.75, 3.05) is 27.9 Å². The summed E-state index contributed by atoms with van der Waals surface area (Å²) in [5.41, 5.74) is -0.460. The number of amides is 1. The van der Waals surface area contributed by atoms with Crippen LogP contribution in [0.25, 0.3) is 0 Å². The highest BCUT2D eigenvalue weighted by Gasteiger charge is 2.51. The lowest BCUT2D eigenvalue weighted by Crippen LogP contribution is -2.59. The summed E-state index contributed by atoms with van der Waals surface area (Å²) in [6.45, 7) is 15.3. The van der Waals surface area contributed by atoms with Crippen molar-refractivity contribution in [1.82, 2.24) is 25.1 Å². The number of tetrazole rings is 1. The first kappa shape index (κ1) is 56.0. The summed E-state index contributed by atoms with van der Waals surface area (Å²) in [4.78, 5) is 73.1. The van der Waals surface area contributed by atoms with Gasteiger partial charge in [-0.25, -0.2) is 9.48 Å². The van der Waals surface area contributed by atoms with E-state index in [1.165, 1.54) is 12.0 Å². The molecule has 3 aliphatic heterocycles. The van der Waals surface area contributed by atoms with Gasteiger partial charge in [-0.3, -0.25) is 19.2 Å². The van der Waals surface area contributed by atoms with E-state index in [4.69, 9.17) is 23.7 Å². The molecular formula is C53H83N5O11. The van der Waals surface area contributed by atoms with E-state index in [-0.39, 0.29) is 79.0 Å². The number of ether oxygens (including phenoxy) is 5. The molecule has 0 spiro atoms. The Kier molecular flexibility index (Phi) is 21.0. The SMILES string of the molecule is CO[C@H]1C[C@@H]2CC[C@@H](C)[C@@](C)(O2)C(=O)C(=O)N2CCCC[C@H]2C(=O)O[C@H]([C@H](C)C[C@@H]2CC[C@H](n3cnnn3)[C@H](OC)C2)CC(=O)[C@H](C)CC(C)[C@@H](O)[C@@H](OC)C(=O)[C@H](C)C[C@H](C)/C=C/C=CC=C1C. The largest absolute Gasteiger partial charge is 0.460 e. The van der Waals surface area contributed by atoms with Gasteiger partial charge in [0, 0.05) is 52.6 Å². The van der Waals surface area contributed by atoms with E-state index in [0.717, 1.165) is 18.4 Å². The van der Waals surface area contributed by atoms with Crippen LogP contribution in [0.4, 0.5) is 0 Å². The van der Waals surface area contributed by atoms with Crippen molar-refractivity contribution >= 4 is 29.2 Å². The zero-order chi connectivity index (χ0) is 50.6. The lowest BCUT2D eigenvalue weighted by atomic mass is 9.77. The van der Waals surface area contributed by atoms with Gasteiger partial charge in [-0.15, -0.1) is 5.10 Å². The topological polar surface area (TPSA) is 199 Å². The maximum atomic E-state index is 14.6. The first-order valence-electron chi connectivity index (χ1n) is 25.6. The van der Waals surface area contributed by atoms with Crippen molar-refractivity contribution in [3.8, 4) is 0 Å². The fraction of sp³-hybridized carbons (Fsp3) is 0.774. The first-order chi connectivity index (χ1) is 32.8. The van der Waals surface area contributed by atoms with Gasteiger partial charge in [-0.1, -0.05) is 71.9 Å². The number of hydrogen-bond donors (Lipinski definition) is 1. The Bertz CT molecular complexity index is 1960. The molecule has 0 aromatic carbocycles. The fourth-order valence-corrected chi connectivity index (χ4v) is 11.3. The number of methoxy groups -OCH3 is 3. The Balaban J connectivity index is 1.44. The van der Waals surface area contributed by atoms with Crippen LogP contribution in [0.15, 0.2) is 42.3 Å².